The average molecular weight is 512 g/mol. The Morgan fingerprint density at radius 2 is 1.84 bits per heavy atom. The van der Waals surface area contributed by atoms with E-state index in [-0.39, 0.29) is 30.7 Å². The lowest BCUT2D eigenvalue weighted by atomic mass is 9.99. The first-order valence-electron chi connectivity index (χ1n) is 12.2. The maximum Gasteiger partial charge on any atom is 0.326 e. The summed E-state index contributed by atoms with van der Waals surface area (Å²) in [6.45, 7) is 3.49. The van der Waals surface area contributed by atoms with Crippen molar-refractivity contribution >= 4 is 40.1 Å². The molecular weight excluding hydrogens is 482 g/mol. The van der Waals surface area contributed by atoms with Crippen molar-refractivity contribution in [3.63, 3.8) is 0 Å². The number of nitrogens with two attached hydrogens (primary N) is 1. The minimum atomic E-state index is -0.528. The van der Waals surface area contributed by atoms with Crippen LogP contribution in [0.5, 0.6) is 0 Å². The largest absolute Gasteiger partial charge is 0.465 e. The van der Waals surface area contributed by atoms with Crippen LogP contribution in [0.25, 0.3) is 10.9 Å². The van der Waals surface area contributed by atoms with Crippen molar-refractivity contribution in [3.8, 4) is 0 Å². The molecule has 0 atom stereocenters. The highest BCUT2D eigenvalue weighted by atomic mass is 16.5. The van der Waals surface area contributed by atoms with Gasteiger partial charge in [-0.3, -0.25) is 29.7 Å². The lowest BCUT2D eigenvalue weighted by molar-refractivity contribution is -0.141. The number of nitrogens with one attached hydrogen (secondary N) is 2. The first-order chi connectivity index (χ1) is 18.3. The molecule has 0 aliphatic carbocycles. The van der Waals surface area contributed by atoms with Crippen molar-refractivity contribution in [1.29, 1.82) is 5.41 Å². The van der Waals surface area contributed by atoms with Crippen molar-refractivity contribution in [1.82, 2.24) is 9.97 Å². The summed E-state index contributed by atoms with van der Waals surface area (Å²) >= 11 is 0. The number of carbonyl (C=O) groups excluding carboxylic acids is 3. The van der Waals surface area contributed by atoms with Crippen LogP contribution in [0.4, 0.5) is 5.69 Å². The number of esters is 1. The molecule has 9 heteroatoms. The number of amides is 1. The maximum atomic E-state index is 13.3. The van der Waals surface area contributed by atoms with Crippen LogP contribution in [0.2, 0.25) is 0 Å². The van der Waals surface area contributed by atoms with E-state index in [9.17, 15) is 14.4 Å². The zero-order valence-electron chi connectivity index (χ0n) is 21.3. The summed E-state index contributed by atoms with van der Waals surface area (Å²) in [6.07, 6.45) is 3.87. The van der Waals surface area contributed by atoms with Crippen LogP contribution < -0.4 is 10.6 Å². The molecule has 4 rings (SSSR count). The second kappa shape index (κ2) is 11.5. The molecule has 2 aromatic heterocycles. The van der Waals surface area contributed by atoms with Crippen molar-refractivity contribution in [2.45, 2.75) is 26.7 Å². The van der Waals surface area contributed by atoms with Gasteiger partial charge in [0.1, 0.15) is 12.4 Å². The van der Waals surface area contributed by atoms with E-state index < -0.39 is 5.97 Å². The Hall–Kier alpha value is -4.79. The summed E-state index contributed by atoms with van der Waals surface area (Å²) in [5.41, 5.74) is 9.97. The van der Waals surface area contributed by atoms with Gasteiger partial charge in [-0.25, -0.2) is 0 Å². The number of hydrogen-bond donors (Lipinski definition) is 3. The molecule has 0 fully saturated rings. The molecule has 1 amide bonds. The highest BCUT2D eigenvalue weighted by molar-refractivity contribution is 6.12. The molecule has 0 saturated heterocycles. The predicted octanol–water partition coefficient (Wildman–Crippen LogP) is 4.18. The van der Waals surface area contributed by atoms with Gasteiger partial charge in [0.2, 0.25) is 0 Å². The first kappa shape index (κ1) is 26.3. The molecule has 0 spiro atoms. The van der Waals surface area contributed by atoms with Crippen LogP contribution in [0, 0.1) is 12.3 Å². The van der Waals surface area contributed by atoms with Crippen LogP contribution in [0.15, 0.2) is 67.0 Å². The number of nitrogen functional groups attached to an aromatic ring is 1. The average Bonchev–Trinajstić information content (AvgIpc) is 3.25. The van der Waals surface area contributed by atoms with Crippen LogP contribution in [0.1, 0.15) is 50.9 Å². The molecule has 0 aliphatic rings. The fraction of sp³-hybridized carbons (Fsp3) is 0.207. The molecule has 4 aromatic rings. The smallest absolute Gasteiger partial charge is 0.326 e. The number of ketones is 1. The highest BCUT2D eigenvalue weighted by Crippen LogP contribution is 2.29. The van der Waals surface area contributed by atoms with E-state index in [1.54, 1.807) is 55.6 Å². The number of H-pyrrole nitrogens is 1. The predicted molar refractivity (Wildman–Crippen MR) is 146 cm³/mol. The number of aromatic amines is 1. The number of nitrogens with zero attached hydrogens (tertiary/aromatic N) is 2. The highest BCUT2D eigenvalue weighted by Gasteiger charge is 2.23. The normalized spacial score (nSPS) is 10.8. The summed E-state index contributed by atoms with van der Waals surface area (Å²) in [6, 6.07) is 15.8. The summed E-state index contributed by atoms with van der Waals surface area (Å²) in [5.74, 6) is -0.920. The van der Waals surface area contributed by atoms with Crippen molar-refractivity contribution < 1.29 is 19.1 Å². The van der Waals surface area contributed by atoms with Crippen LogP contribution >= 0.6 is 0 Å². The quantitative estimate of drug-likeness (QED) is 0.126. The lowest BCUT2D eigenvalue weighted by Crippen LogP contribution is -2.36. The number of hydrogen-bond acceptors (Lipinski definition) is 6. The van der Waals surface area contributed by atoms with Gasteiger partial charge in [-0.1, -0.05) is 30.3 Å². The number of ether oxygens (including phenoxy) is 1. The number of anilines is 1. The molecule has 4 N–H and O–H groups in total. The molecule has 0 bridgehead atoms. The third kappa shape index (κ3) is 5.78. The Kier molecular flexibility index (Phi) is 7.96. The van der Waals surface area contributed by atoms with E-state index in [4.69, 9.17) is 15.9 Å². The number of benzene rings is 2. The molecule has 0 aliphatic heterocycles. The molecular formula is C29H29N5O4. The van der Waals surface area contributed by atoms with Crippen molar-refractivity contribution in [2.75, 3.05) is 18.1 Å². The second-order valence-electron chi connectivity index (χ2n) is 8.83. The van der Waals surface area contributed by atoms with Gasteiger partial charge in [0.15, 0.2) is 5.78 Å². The fourth-order valence-electron chi connectivity index (χ4n) is 4.34. The van der Waals surface area contributed by atoms with Gasteiger partial charge in [-0.05, 0) is 50.1 Å². The molecule has 2 heterocycles. The van der Waals surface area contributed by atoms with Crippen molar-refractivity contribution in [2.24, 2.45) is 5.73 Å². The second-order valence-corrected chi connectivity index (χ2v) is 8.83. The minimum absolute atomic E-state index is 0.00405. The zero-order chi connectivity index (χ0) is 27.2. The fourth-order valence-corrected chi connectivity index (χ4v) is 4.34. The summed E-state index contributed by atoms with van der Waals surface area (Å²) < 4.78 is 5.09. The maximum absolute atomic E-state index is 13.3. The van der Waals surface area contributed by atoms with Gasteiger partial charge in [0.05, 0.1) is 12.2 Å². The molecule has 0 radical (unpaired) electrons. The van der Waals surface area contributed by atoms with Crippen molar-refractivity contribution in [3.05, 3.63) is 94.9 Å². The van der Waals surface area contributed by atoms with E-state index in [1.165, 1.54) is 11.1 Å². The van der Waals surface area contributed by atoms with Crippen LogP contribution in [-0.4, -0.2) is 46.6 Å². The van der Waals surface area contributed by atoms with Gasteiger partial charge < -0.3 is 15.5 Å². The molecule has 2 aromatic carbocycles. The molecule has 38 heavy (non-hydrogen) atoms. The first-order valence-corrected chi connectivity index (χ1v) is 12.2. The summed E-state index contributed by atoms with van der Waals surface area (Å²) in [4.78, 5) is 47.4. The summed E-state index contributed by atoms with van der Waals surface area (Å²) in [7, 11) is 0. The van der Waals surface area contributed by atoms with Crippen LogP contribution in [0.3, 0.4) is 0 Å². The molecule has 0 unspecified atom stereocenters. The Morgan fingerprint density at radius 3 is 2.50 bits per heavy atom. The number of pyridine rings is 1. The molecule has 194 valence electrons. The topological polar surface area (TPSA) is 142 Å². The number of Topliss-reactive ketones (excluding diaryl/α,β-unsaturated/α-hetero) is 1. The van der Waals surface area contributed by atoms with Gasteiger partial charge >= 0.3 is 5.97 Å². The third-order valence-corrected chi connectivity index (χ3v) is 6.21. The number of rotatable bonds is 10. The van der Waals surface area contributed by atoms with Gasteiger partial charge in [-0.2, -0.15) is 0 Å². The van der Waals surface area contributed by atoms with E-state index in [0.29, 0.717) is 40.7 Å². The van der Waals surface area contributed by atoms with Gasteiger partial charge in [0, 0.05) is 52.2 Å². The van der Waals surface area contributed by atoms with Crippen LogP contribution in [-0.2, 0) is 16.0 Å². The number of aryl methyl sites for hydroxylation is 2. The van der Waals surface area contributed by atoms with E-state index >= 15 is 0 Å². The van der Waals surface area contributed by atoms with E-state index in [1.807, 2.05) is 19.1 Å². The van der Waals surface area contributed by atoms with Gasteiger partial charge in [0.25, 0.3) is 5.91 Å². The molecule has 9 nitrogen and oxygen atoms in total. The lowest BCUT2D eigenvalue weighted by Gasteiger charge is -2.22. The number of amidine groups is 1. The third-order valence-electron chi connectivity index (χ3n) is 6.21. The number of aromatic nitrogens is 2. The zero-order valence-corrected chi connectivity index (χ0v) is 21.3. The Labute approximate surface area is 220 Å². The SMILES string of the molecule is CCOC(=O)CN(C(=O)c1cccnc1)c1ccc2c(C(=O)CCc3ccc(C(=N)N)cc3)c(C)[nH]c2c1. The monoisotopic (exact) mass is 511 g/mol. The Balaban J connectivity index is 1.59. The molecule has 0 saturated carbocycles. The minimum Gasteiger partial charge on any atom is -0.465 e. The summed E-state index contributed by atoms with van der Waals surface area (Å²) in [5, 5.41) is 8.25. The Bertz CT molecular complexity index is 1490. The number of carbonyl (C=O) groups is 3. The van der Waals surface area contributed by atoms with E-state index in [0.717, 1.165) is 16.6 Å². The standard InChI is InChI=1S/C29H29N5O4/c1-3-38-26(36)17-34(29(37)21-5-4-14-32-16-21)22-11-12-23-24(15-22)33-18(2)27(23)25(35)13-8-19-6-9-20(10-7-19)28(30)31/h4-7,9-12,14-16,33H,3,8,13,17H2,1-2H3,(H3,30,31). The van der Waals surface area contributed by atoms with Gasteiger partial charge in [-0.15, -0.1) is 0 Å². The van der Waals surface area contributed by atoms with E-state index in [2.05, 4.69) is 9.97 Å². The number of fused-ring (bicyclic) bond motifs is 1. The Morgan fingerprint density at radius 1 is 1.08 bits per heavy atom.